The molecule has 2 heterocycles. The highest BCUT2D eigenvalue weighted by atomic mass is 35.5. The summed E-state index contributed by atoms with van der Waals surface area (Å²) in [5.41, 5.74) is 1.03. The van der Waals surface area contributed by atoms with Crippen LogP contribution < -0.4 is 14.8 Å². The molecule has 0 aromatic heterocycles. The first-order valence-corrected chi connectivity index (χ1v) is 8.47. The van der Waals surface area contributed by atoms with Crippen molar-refractivity contribution in [1.29, 1.82) is 0 Å². The second-order valence-electron chi connectivity index (χ2n) is 5.57. The molecule has 2 aliphatic heterocycles. The van der Waals surface area contributed by atoms with Gasteiger partial charge in [-0.2, -0.15) is 4.99 Å². The van der Waals surface area contributed by atoms with Crippen LogP contribution in [0, 0.1) is 0 Å². The van der Waals surface area contributed by atoms with E-state index in [9.17, 15) is 9.90 Å². The molecule has 1 unspecified atom stereocenters. The van der Waals surface area contributed by atoms with Crippen molar-refractivity contribution < 1.29 is 28.8 Å². The summed E-state index contributed by atoms with van der Waals surface area (Å²) in [6.07, 6.45) is 1.19. The minimum absolute atomic E-state index is 0.0272. The number of hydrogen-bond acceptors (Lipinski definition) is 6. The van der Waals surface area contributed by atoms with Crippen molar-refractivity contribution in [2.45, 2.75) is 12.6 Å². The predicted octanol–water partition coefficient (Wildman–Crippen LogP) is 1.99. The Labute approximate surface area is 155 Å². The van der Waals surface area contributed by atoms with Gasteiger partial charge in [-0.05, 0) is 18.2 Å². The Bertz CT molecular complexity index is 749. The Balaban J connectivity index is 1.65. The van der Waals surface area contributed by atoms with Crippen molar-refractivity contribution in [3.8, 4) is 11.5 Å². The fourth-order valence-corrected chi connectivity index (χ4v) is 2.72. The molecule has 0 saturated heterocycles. The monoisotopic (exact) mass is 382 g/mol. The van der Waals surface area contributed by atoms with Crippen LogP contribution in [0.5, 0.6) is 11.5 Å². The van der Waals surface area contributed by atoms with E-state index in [1.54, 1.807) is 25.3 Å². The number of carbonyl (C=O) groups excluding carboxylic acids is 1. The quantitative estimate of drug-likeness (QED) is 0.667. The molecule has 9 heteroatoms. The lowest BCUT2D eigenvalue weighted by atomic mass is 10.0. The lowest BCUT2D eigenvalue weighted by Crippen LogP contribution is -2.43. The minimum atomic E-state index is -1.17. The zero-order valence-corrected chi connectivity index (χ0v) is 14.9. The fraction of sp³-hybridized carbons (Fsp3) is 0.412. The van der Waals surface area contributed by atoms with Crippen LogP contribution in [0.2, 0.25) is 5.02 Å². The number of nitrogens with zero attached hydrogens (tertiary/aromatic N) is 1. The third kappa shape index (κ3) is 4.16. The van der Waals surface area contributed by atoms with Crippen molar-refractivity contribution in [3.63, 3.8) is 0 Å². The molecule has 2 aliphatic rings. The predicted molar refractivity (Wildman–Crippen MR) is 94.8 cm³/mol. The highest BCUT2D eigenvalue weighted by Crippen LogP contribution is 2.41. The summed E-state index contributed by atoms with van der Waals surface area (Å²) >= 11 is 6.37. The topological polar surface area (TPSA) is 98.6 Å². The SMILES string of the molecule is COCCOCCCOc1ccc2c(c1Cl)OC1=NC(=O)NC(O)C1=C2. The molecule has 26 heavy (non-hydrogen) atoms. The largest absolute Gasteiger partial charge is 0.492 e. The number of nitrogens with one attached hydrogen (secondary N) is 1. The Morgan fingerprint density at radius 1 is 1.31 bits per heavy atom. The molecular formula is C17H19ClN2O6. The van der Waals surface area contributed by atoms with Crippen LogP contribution in [0.25, 0.3) is 6.08 Å². The van der Waals surface area contributed by atoms with Crippen LogP contribution in [0.15, 0.2) is 22.7 Å². The molecule has 1 atom stereocenters. The summed E-state index contributed by atoms with van der Waals surface area (Å²) in [6, 6.07) is 2.81. The van der Waals surface area contributed by atoms with Gasteiger partial charge in [-0.1, -0.05) is 11.6 Å². The maximum atomic E-state index is 11.4. The van der Waals surface area contributed by atoms with Gasteiger partial charge in [0.05, 0.1) is 25.4 Å². The average Bonchev–Trinajstić information content (AvgIpc) is 2.62. The normalized spacial score (nSPS) is 18.1. The molecule has 0 saturated carbocycles. The van der Waals surface area contributed by atoms with E-state index in [0.717, 1.165) is 0 Å². The van der Waals surface area contributed by atoms with Crippen LogP contribution in [0.1, 0.15) is 12.0 Å². The van der Waals surface area contributed by atoms with Gasteiger partial charge < -0.3 is 29.4 Å². The number of ether oxygens (including phenoxy) is 4. The Hall–Kier alpha value is -2.13. The molecule has 1 aromatic carbocycles. The molecule has 140 valence electrons. The summed E-state index contributed by atoms with van der Waals surface area (Å²) in [7, 11) is 1.62. The number of hydrogen-bond donors (Lipinski definition) is 2. The number of rotatable bonds is 8. The van der Waals surface area contributed by atoms with E-state index < -0.39 is 12.3 Å². The summed E-state index contributed by atoms with van der Waals surface area (Å²) in [4.78, 5) is 15.1. The van der Waals surface area contributed by atoms with Gasteiger partial charge in [-0.25, -0.2) is 4.79 Å². The molecule has 8 nitrogen and oxygen atoms in total. The van der Waals surface area contributed by atoms with Crippen LogP contribution >= 0.6 is 11.6 Å². The number of urea groups is 1. The Morgan fingerprint density at radius 2 is 2.15 bits per heavy atom. The number of aliphatic hydroxyl groups excluding tert-OH is 1. The standard InChI is InChI=1S/C17H19ClN2O6/c1-23-7-8-24-5-2-6-25-12-4-3-10-9-11-15(21)19-17(22)20-16(11)26-14(10)13(12)18/h3-4,9,15,21H,2,5-8H2,1H3,(H,19,22). The lowest BCUT2D eigenvalue weighted by molar-refractivity contribution is 0.0644. The molecular weight excluding hydrogens is 364 g/mol. The molecule has 0 fully saturated rings. The van der Waals surface area contributed by atoms with E-state index in [1.807, 2.05) is 0 Å². The molecule has 0 radical (unpaired) electrons. The number of amides is 2. The minimum Gasteiger partial charge on any atom is -0.492 e. The van der Waals surface area contributed by atoms with Crippen LogP contribution in [0.3, 0.4) is 0 Å². The van der Waals surface area contributed by atoms with Crippen molar-refractivity contribution in [3.05, 3.63) is 28.3 Å². The highest BCUT2D eigenvalue weighted by molar-refractivity contribution is 6.34. The zero-order valence-electron chi connectivity index (χ0n) is 14.2. The molecule has 0 aliphatic carbocycles. The zero-order chi connectivity index (χ0) is 18.5. The van der Waals surface area contributed by atoms with E-state index >= 15 is 0 Å². The van der Waals surface area contributed by atoms with Crippen LogP contribution in [-0.4, -0.2) is 56.8 Å². The maximum absolute atomic E-state index is 11.4. The van der Waals surface area contributed by atoms with Crippen molar-refractivity contribution in [2.24, 2.45) is 4.99 Å². The van der Waals surface area contributed by atoms with E-state index in [-0.39, 0.29) is 10.9 Å². The molecule has 0 bridgehead atoms. The van der Waals surface area contributed by atoms with Crippen molar-refractivity contribution >= 4 is 29.6 Å². The van der Waals surface area contributed by atoms with Gasteiger partial charge >= 0.3 is 6.03 Å². The van der Waals surface area contributed by atoms with Gasteiger partial charge in [0.2, 0.25) is 5.90 Å². The van der Waals surface area contributed by atoms with Gasteiger partial charge in [0.15, 0.2) is 12.0 Å². The number of halogens is 1. The van der Waals surface area contributed by atoms with Gasteiger partial charge in [0.25, 0.3) is 0 Å². The third-order valence-electron chi connectivity index (χ3n) is 3.73. The summed E-state index contributed by atoms with van der Waals surface area (Å²) in [6.45, 7) is 2.08. The fourth-order valence-electron chi connectivity index (χ4n) is 2.46. The van der Waals surface area contributed by atoms with Crippen LogP contribution in [0.4, 0.5) is 4.79 Å². The number of aliphatic hydroxyl groups is 1. The molecule has 2 N–H and O–H groups in total. The van der Waals surface area contributed by atoms with Crippen molar-refractivity contribution in [2.75, 3.05) is 33.5 Å². The van der Waals surface area contributed by atoms with E-state index in [1.165, 1.54) is 0 Å². The first kappa shape index (κ1) is 18.7. The van der Waals surface area contributed by atoms with Gasteiger partial charge in [0, 0.05) is 25.7 Å². The third-order valence-corrected chi connectivity index (χ3v) is 4.09. The first-order chi connectivity index (χ1) is 12.6. The maximum Gasteiger partial charge on any atom is 0.346 e. The van der Waals surface area contributed by atoms with E-state index in [0.29, 0.717) is 55.5 Å². The Morgan fingerprint density at radius 3 is 2.96 bits per heavy atom. The number of methoxy groups -OCH3 is 1. The summed E-state index contributed by atoms with van der Waals surface area (Å²) in [5, 5.41) is 12.5. The van der Waals surface area contributed by atoms with Crippen molar-refractivity contribution in [1.82, 2.24) is 5.32 Å². The smallest absolute Gasteiger partial charge is 0.346 e. The van der Waals surface area contributed by atoms with Gasteiger partial charge in [0.1, 0.15) is 10.8 Å². The van der Waals surface area contributed by atoms with Gasteiger partial charge in [-0.15, -0.1) is 0 Å². The number of carbonyl (C=O) groups is 1. The molecule has 1 aromatic rings. The first-order valence-electron chi connectivity index (χ1n) is 8.09. The van der Waals surface area contributed by atoms with E-state index in [2.05, 4.69) is 10.3 Å². The number of fused-ring (bicyclic) bond motifs is 2. The second kappa shape index (κ2) is 8.50. The van der Waals surface area contributed by atoms with Crippen LogP contribution in [-0.2, 0) is 9.47 Å². The molecule has 3 rings (SSSR count). The summed E-state index contributed by atoms with van der Waals surface area (Å²) in [5.74, 6) is 0.824. The number of benzene rings is 1. The highest BCUT2D eigenvalue weighted by Gasteiger charge is 2.31. The average molecular weight is 383 g/mol. The molecule has 0 spiro atoms. The summed E-state index contributed by atoms with van der Waals surface area (Å²) < 4.78 is 21.6. The van der Waals surface area contributed by atoms with E-state index in [4.69, 9.17) is 30.5 Å². The molecule has 2 amide bonds. The second-order valence-corrected chi connectivity index (χ2v) is 5.95. The Kier molecular flexibility index (Phi) is 6.10. The lowest BCUT2D eigenvalue weighted by Gasteiger charge is -2.26. The number of aliphatic imine (C=N–C) groups is 1. The van der Waals surface area contributed by atoms with Gasteiger partial charge in [-0.3, -0.25) is 0 Å².